The van der Waals surface area contributed by atoms with E-state index in [1.165, 1.54) is 0 Å². The van der Waals surface area contributed by atoms with Crippen LogP contribution in [-0.2, 0) is 11.2 Å². The molecule has 0 saturated heterocycles. The third-order valence-corrected chi connectivity index (χ3v) is 5.18. The summed E-state index contributed by atoms with van der Waals surface area (Å²) in [4.78, 5) is 11.8. The summed E-state index contributed by atoms with van der Waals surface area (Å²) in [6.45, 7) is 4.18. The molecule has 0 atom stereocenters. The van der Waals surface area contributed by atoms with Gasteiger partial charge in [0.1, 0.15) is 0 Å². The average Bonchev–Trinajstić information content (AvgIpc) is 2.42. The van der Waals surface area contributed by atoms with Crippen LogP contribution in [-0.4, -0.2) is 11.1 Å². The number of halogens is 1. The molecule has 0 unspecified atom stereocenters. The lowest BCUT2D eigenvalue weighted by Gasteiger charge is -2.37. The van der Waals surface area contributed by atoms with E-state index in [4.69, 9.17) is 11.6 Å². The van der Waals surface area contributed by atoms with Gasteiger partial charge < -0.3 is 5.11 Å². The van der Waals surface area contributed by atoms with Crippen molar-refractivity contribution >= 4 is 17.6 Å². The molecule has 0 heterocycles. The molecular weight excluding hydrogens is 272 g/mol. The molecule has 1 N–H and O–H groups in total. The highest BCUT2D eigenvalue weighted by Gasteiger charge is 2.41. The van der Waals surface area contributed by atoms with Gasteiger partial charge in [0.05, 0.1) is 5.41 Å². The van der Waals surface area contributed by atoms with Crippen molar-refractivity contribution in [3.8, 4) is 0 Å². The van der Waals surface area contributed by atoms with Crippen LogP contribution >= 0.6 is 11.6 Å². The summed E-state index contributed by atoms with van der Waals surface area (Å²) < 4.78 is 0. The maximum Gasteiger partial charge on any atom is 0.309 e. The van der Waals surface area contributed by atoms with Gasteiger partial charge in [0.15, 0.2) is 0 Å². The van der Waals surface area contributed by atoms with Crippen LogP contribution in [0.1, 0.15) is 50.2 Å². The monoisotopic (exact) mass is 294 g/mol. The summed E-state index contributed by atoms with van der Waals surface area (Å²) in [5, 5.41) is 10.4. The van der Waals surface area contributed by atoms with Crippen molar-refractivity contribution in [2.75, 3.05) is 0 Å². The maximum absolute atomic E-state index is 11.8. The zero-order valence-electron chi connectivity index (χ0n) is 12.3. The molecule has 1 fully saturated rings. The molecule has 2 rings (SSSR count). The van der Waals surface area contributed by atoms with E-state index in [0.717, 1.165) is 43.2 Å². The highest BCUT2D eigenvalue weighted by molar-refractivity contribution is 6.31. The predicted molar refractivity (Wildman–Crippen MR) is 82.2 cm³/mol. The van der Waals surface area contributed by atoms with Crippen molar-refractivity contribution in [2.45, 2.75) is 52.4 Å². The Labute approximate surface area is 126 Å². The molecule has 20 heavy (non-hydrogen) atoms. The van der Waals surface area contributed by atoms with Crippen molar-refractivity contribution in [3.05, 3.63) is 34.3 Å². The van der Waals surface area contributed by atoms with Crippen molar-refractivity contribution in [3.63, 3.8) is 0 Å². The van der Waals surface area contributed by atoms with Gasteiger partial charge in [-0.2, -0.15) is 0 Å². The Bertz CT molecular complexity index is 488. The summed E-state index contributed by atoms with van der Waals surface area (Å²) in [5.41, 5.74) is 1.46. The Morgan fingerprint density at radius 3 is 2.55 bits per heavy atom. The summed E-state index contributed by atoms with van der Waals surface area (Å²) in [6.07, 6.45) is 5.29. The van der Waals surface area contributed by atoms with Crippen LogP contribution in [0.15, 0.2) is 18.2 Å². The lowest BCUT2D eigenvalue weighted by atomic mass is 9.67. The molecule has 0 radical (unpaired) electrons. The lowest BCUT2D eigenvalue weighted by Crippen LogP contribution is -2.37. The second-order valence-electron chi connectivity index (χ2n) is 6.21. The SMILES string of the molecule is CCC1CCC(Cc2ccc(C)cc2Cl)(C(=O)O)CC1. The van der Waals surface area contributed by atoms with Gasteiger partial charge >= 0.3 is 5.97 Å². The number of rotatable bonds is 4. The summed E-state index contributed by atoms with van der Waals surface area (Å²) in [5.74, 6) is 0.0275. The number of aryl methyl sites for hydroxylation is 1. The Morgan fingerprint density at radius 1 is 1.40 bits per heavy atom. The zero-order valence-corrected chi connectivity index (χ0v) is 13.0. The highest BCUT2D eigenvalue weighted by Crippen LogP contribution is 2.43. The van der Waals surface area contributed by atoms with Crippen LogP contribution < -0.4 is 0 Å². The van der Waals surface area contributed by atoms with Gasteiger partial charge in [-0.3, -0.25) is 4.79 Å². The minimum absolute atomic E-state index is 0.553. The highest BCUT2D eigenvalue weighted by atomic mass is 35.5. The van der Waals surface area contributed by atoms with Crippen LogP contribution in [0.4, 0.5) is 0 Å². The van der Waals surface area contributed by atoms with Gasteiger partial charge in [-0.25, -0.2) is 0 Å². The van der Waals surface area contributed by atoms with E-state index in [0.29, 0.717) is 17.4 Å². The Morgan fingerprint density at radius 2 is 2.05 bits per heavy atom. The number of carboxylic acid groups (broad SMARTS) is 1. The first-order chi connectivity index (χ1) is 9.47. The minimum atomic E-state index is -0.663. The minimum Gasteiger partial charge on any atom is -0.481 e. The standard InChI is InChI=1S/C17H23ClO2/c1-3-13-6-8-17(9-7-13,16(19)20)11-14-5-4-12(2)10-15(14)18/h4-5,10,13H,3,6-9,11H2,1-2H3,(H,19,20). The maximum atomic E-state index is 11.8. The lowest BCUT2D eigenvalue weighted by molar-refractivity contribution is -0.151. The molecule has 0 aromatic heterocycles. The van der Waals surface area contributed by atoms with Crippen LogP contribution in [0.2, 0.25) is 5.02 Å². The molecule has 0 amide bonds. The fourth-order valence-electron chi connectivity index (χ4n) is 3.26. The number of benzene rings is 1. The first-order valence-electron chi connectivity index (χ1n) is 7.45. The second-order valence-corrected chi connectivity index (χ2v) is 6.62. The van der Waals surface area contributed by atoms with E-state index in [-0.39, 0.29) is 0 Å². The number of hydrogen-bond donors (Lipinski definition) is 1. The smallest absolute Gasteiger partial charge is 0.309 e. The first-order valence-corrected chi connectivity index (χ1v) is 7.83. The predicted octanol–water partition coefficient (Wildman–Crippen LogP) is 4.86. The van der Waals surface area contributed by atoms with Crippen LogP contribution in [0, 0.1) is 18.3 Å². The molecule has 1 saturated carbocycles. The molecule has 110 valence electrons. The Balaban J connectivity index is 2.20. The summed E-state index contributed by atoms with van der Waals surface area (Å²) in [7, 11) is 0. The van der Waals surface area contributed by atoms with Crippen LogP contribution in [0.3, 0.4) is 0 Å². The van der Waals surface area contributed by atoms with Gasteiger partial charge in [0, 0.05) is 5.02 Å². The molecule has 0 bridgehead atoms. The van der Waals surface area contributed by atoms with Crippen molar-refractivity contribution in [1.29, 1.82) is 0 Å². The fraction of sp³-hybridized carbons (Fsp3) is 0.588. The largest absolute Gasteiger partial charge is 0.481 e. The van der Waals surface area contributed by atoms with Crippen LogP contribution in [0.5, 0.6) is 0 Å². The molecular formula is C17H23ClO2. The average molecular weight is 295 g/mol. The first kappa shape index (κ1) is 15.4. The molecule has 2 nitrogen and oxygen atoms in total. The number of carboxylic acids is 1. The fourth-order valence-corrected chi connectivity index (χ4v) is 3.57. The quantitative estimate of drug-likeness (QED) is 0.861. The topological polar surface area (TPSA) is 37.3 Å². The van der Waals surface area contributed by atoms with E-state index in [1.807, 2.05) is 25.1 Å². The normalized spacial score (nSPS) is 26.4. The van der Waals surface area contributed by atoms with Crippen molar-refractivity contribution in [2.24, 2.45) is 11.3 Å². The zero-order chi connectivity index (χ0) is 14.8. The van der Waals surface area contributed by atoms with Gasteiger partial charge in [-0.15, -0.1) is 0 Å². The molecule has 1 aliphatic rings. The Kier molecular flexibility index (Phi) is 4.74. The second kappa shape index (κ2) is 6.17. The van der Waals surface area contributed by atoms with E-state index < -0.39 is 11.4 Å². The third kappa shape index (κ3) is 3.17. The van der Waals surface area contributed by atoms with Gasteiger partial charge in [0.2, 0.25) is 0 Å². The number of aliphatic carboxylic acids is 1. The molecule has 0 aliphatic heterocycles. The van der Waals surface area contributed by atoms with Crippen LogP contribution in [0.25, 0.3) is 0 Å². The van der Waals surface area contributed by atoms with E-state index in [2.05, 4.69) is 6.92 Å². The molecule has 1 aromatic rings. The molecule has 1 aromatic carbocycles. The molecule has 1 aliphatic carbocycles. The molecule has 0 spiro atoms. The number of hydrogen-bond acceptors (Lipinski definition) is 1. The Hall–Kier alpha value is -1.02. The summed E-state index contributed by atoms with van der Waals surface area (Å²) in [6, 6.07) is 5.91. The number of carbonyl (C=O) groups is 1. The van der Waals surface area contributed by atoms with E-state index in [9.17, 15) is 9.90 Å². The summed E-state index contributed by atoms with van der Waals surface area (Å²) >= 11 is 6.28. The van der Waals surface area contributed by atoms with Gasteiger partial charge in [-0.05, 0) is 62.1 Å². The van der Waals surface area contributed by atoms with E-state index in [1.54, 1.807) is 0 Å². The molecule has 3 heteroatoms. The van der Waals surface area contributed by atoms with E-state index >= 15 is 0 Å². The van der Waals surface area contributed by atoms with Crippen molar-refractivity contribution < 1.29 is 9.90 Å². The van der Waals surface area contributed by atoms with Crippen molar-refractivity contribution in [1.82, 2.24) is 0 Å². The van der Waals surface area contributed by atoms with Gasteiger partial charge in [-0.1, -0.05) is 37.1 Å². The third-order valence-electron chi connectivity index (χ3n) is 4.83. The van der Waals surface area contributed by atoms with Gasteiger partial charge in [0.25, 0.3) is 0 Å².